The predicted molar refractivity (Wildman–Crippen MR) is 117 cm³/mol. The van der Waals surface area contributed by atoms with Gasteiger partial charge in [0.25, 0.3) is 0 Å². The van der Waals surface area contributed by atoms with E-state index in [-0.39, 0.29) is 18.3 Å². The van der Waals surface area contributed by atoms with Gasteiger partial charge in [-0.15, -0.1) is 0 Å². The number of nitrogens with one attached hydrogen (secondary N) is 2. The average Bonchev–Trinajstić information content (AvgIpc) is 2.71. The first-order valence-corrected chi connectivity index (χ1v) is 10.3. The van der Waals surface area contributed by atoms with Gasteiger partial charge in [0.2, 0.25) is 5.91 Å². The van der Waals surface area contributed by atoms with Gasteiger partial charge in [-0.25, -0.2) is 14.4 Å². The van der Waals surface area contributed by atoms with Gasteiger partial charge in [0.05, 0.1) is 12.2 Å². The number of aromatic nitrogens is 2. The van der Waals surface area contributed by atoms with Crippen molar-refractivity contribution < 1.29 is 9.18 Å². The van der Waals surface area contributed by atoms with Crippen molar-refractivity contribution in [2.45, 2.75) is 32.2 Å². The van der Waals surface area contributed by atoms with Crippen LogP contribution in [0.15, 0.2) is 24.3 Å². The maximum Gasteiger partial charge on any atom is 0.238 e. The number of anilines is 2. The monoisotopic (exact) mass is 414 g/mol. The molecule has 2 N–H and O–H groups in total. The molecule has 0 aliphatic carbocycles. The summed E-state index contributed by atoms with van der Waals surface area (Å²) >= 11 is 0. The van der Waals surface area contributed by atoms with Gasteiger partial charge in [0.1, 0.15) is 17.5 Å². The normalized spacial score (nSPS) is 16.5. The zero-order valence-electron chi connectivity index (χ0n) is 18.2. The Morgan fingerprint density at radius 1 is 1.30 bits per heavy atom. The number of benzene rings is 1. The largest absolute Gasteiger partial charge is 0.363 e. The van der Waals surface area contributed by atoms with E-state index in [2.05, 4.69) is 10.6 Å². The molecule has 2 heterocycles. The number of halogens is 1. The van der Waals surface area contributed by atoms with Crippen molar-refractivity contribution in [2.75, 3.05) is 51.0 Å². The van der Waals surface area contributed by atoms with E-state index in [1.54, 1.807) is 19.1 Å². The van der Waals surface area contributed by atoms with Gasteiger partial charge >= 0.3 is 0 Å². The first-order valence-electron chi connectivity index (χ1n) is 10.3. The van der Waals surface area contributed by atoms with Crippen LogP contribution >= 0.6 is 0 Å². The molecule has 8 heteroatoms. The summed E-state index contributed by atoms with van der Waals surface area (Å²) in [6.07, 6.45) is 2.20. The van der Waals surface area contributed by atoms with Crippen LogP contribution in [0.5, 0.6) is 0 Å². The molecule has 0 radical (unpaired) electrons. The Morgan fingerprint density at radius 2 is 2.10 bits per heavy atom. The molecule has 1 atom stereocenters. The van der Waals surface area contributed by atoms with Crippen LogP contribution in [0.1, 0.15) is 35.8 Å². The van der Waals surface area contributed by atoms with Crippen molar-refractivity contribution in [1.29, 1.82) is 0 Å². The fourth-order valence-electron chi connectivity index (χ4n) is 3.58. The number of piperidine rings is 1. The van der Waals surface area contributed by atoms with Crippen molar-refractivity contribution in [3.05, 3.63) is 47.2 Å². The molecule has 7 nitrogen and oxygen atoms in total. The van der Waals surface area contributed by atoms with Crippen molar-refractivity contribution >= 4 is 17.4 Å². The summed E-state index contributed by atoms with van der Waals surface area (Å²) in [5, 5.41) is 6.21. The first kappa shape index (κ1) is 22.1. The second-order valence-electron chi connectivity index (χ2n) is 8.15. The van der Waals surface area contributed by atoms with Crippen LogP contribution in [0.2, 0.25) is 0 Å². The molecular weight excluding hydrogens is 383 g/mol. The van der Waals surface area contributed by atoms with E-state index in [9.17, 15) is 9.18 Å². The summed E-state index contributed by atoms with van der Waals surface area (Å²) in [7, 11) is 5.80. The topological polar surface area (TPSA) is 73.4 Å². The average molecular weight is 415 g/mol. The van der Waals surface area contributed by atoms with E-state index in [1.807, 2.05) is 37.0 Å². The standard InChI is InChI=1S/C22H31FN6O/c1-15-18(23)8-5-9-19(15)26-21(30)14-29(4)13-17-11-20(28(2)3)27-22(25-17)16-7-6-10-24-12-16/h5,8-9,11,16,24H,6-7,10,12-14H2,1-4H3,(H,26,30)/t16-/m1/s1. The molecule has 0 unspecified atom stereocenters. The Hall–Kier alpha value is -2.58. The molecule has 0 saturated carbocycles. The first-order chi connectivity index (χ1) is 14.3. The molecule has 3 rings (SSSR count). The van der Waals surface area contributed by atoms with E-state index in [4.69, 9.17) is 9.97 Å². The van der Waals surface area contributed by atoms with Crippen LogP contribution in [-0.4, -0.2) is 61.6 Å². The highest BCUT2D eigenvalue weighted by Crippen LogP contribution is 2.23. The van der Waals surface area contributed by atoms with Crippen LogP contribution in [-0.2, 0) is 11.3 Å². The van der Waals surface area contributed by atoms with Gasteiger partial charge in [0, 0.05) is 50.4 Å². The third kappa shape index (κ3) is 5.73. The molecule has 30 heavy (non-hydrogen) atoms. The maximum absolute atomic E-state index is 13.7. The van der Waals surface area contributed by atoms with Gasteiger partial charge < -0.3 is 15.5 Å². The van der Waals surface area contributed by atoms with Gasteiger partial charge in [0.15, 0.2) is 0 Å². The number of carbonyl (C=O) groups excluding carboxylic acids is 1. The molecule has 1 aliphatic rings. The number of rotatable bonds is 7. The number of amides is 1. The number of carbonyl (C=O) groups is 1. The number of hydrogen-bond acceptors (Lipinski definition) is 6. The second-order valence-corrected chi connectivity index (χ2v) is 8.15. The minimum atomic E-state index is -0.330. The van der Waals surface area contributed by atoms with Crippen LogP contribution in [0.3, 0.4) is 0 Å². The molecule has 1 aliphatic heterocycles. The number of nitrogens with zero attached hydrogens (tertiary/aromatic N) is 4. The van der Waals surface area contributed by atoms with Gasteiger partial charge in [-0.2, -0.15) is 0 Å². The van der Waals surface area contributed by atoms with Crippen LogP contribution in [0.4, 0.5) is 15.9 Å². The lowest BCUT2D eigenvalue weighted by Gasteiger charge is -2.24. The molecule has 0 spiro atoms. The lowest BCUT2D eigenvalue weighted by molar-refractivity contribution is -0.117. The number of hydrogen-bond donors (Lipinski definition) is 2. The van der Waals surface area contributed by atoms with Crippen molar-refractivity contribution in [3.63, 3.8) is 0 Å². The molecule has 162 valence electrons. The lowest BCUT2D eigenvalue weighted by atomic mass is 9.99. The Morgan fingerprint density at radius 3 is 2.80 bits per heavy atom. The molecule has 2 aromatic rings. The van der Waals surface area contributed by atoms with Gasteiger partial charge in [-0.05, 0) is 45.5 Å². The predicted octanol–water partition coefficient (Wildman–Crippen LogP) is 2.53. The fraction of sp³-hybridized carbons (Fsp3) is 0.500. The van der Waals surface area contributed by atoms with E-state index in [1.165, 1.54) is 6.07 Å². The summed E-state index contributed by atoms with van der Waals surface area (Å²) < 4.78 is 13.7. The molecule has 1 aromatic carbocycles. The van der Waals surface area contributed by atoms with Crippen LogP contribution in [0, 0.1) is 12.7 Å². The molecule has 1 aromatic heterocycles. The van der Waals surface area contributed by atoms with Crippen molar-refractivity contribution in [2.24, 2.45) is 0 Å². The minimum absolute atomic E-state index is 0.178. The van der Waals surface area contributed by atoms with E-state index in [0.717, 1.165) is 43.3 Å². The molecule has 1 fully saturated rings. The SMILES string of the molecule is Cc1c(F)cccc1NC(=O)CN(C)Cc1cc(N(C)C)nc([C@@H]2CCCNC2)n1. The second kappa shape index (κ2) is 9.95. The fourth-order valence-corrected chi connectivity index (χ4v) is 3.58. The summed E-state index contributed by atoms with van der Waals surface area (Å²) in [5.41, 5.74) is 1.81. The third-order valence-electron chi connectivity index (χ3n) is 5.29. The van der Waals surface area contributed by atoms with E-state index in [0.29, 0.717) is 23.7 Å². The Bertz CT molecular complexity index is 882. The molecule has 0 bridgehead atoms. The zero-order chi connectivity index (χ0) is 21.7. The third-order valence-corrected chi connectivity index (χ3v) is 5.29. The Labute approximate surface area is 177 Å². The summed E-state index contributed by atoms with van der Waals surface area (Å²) in [6, 6.07) is 6.64. The smallest absolute Gasteiger partial charge is 0.238 e. The van der Waals surface area contributed by atoms with Gasteiger partial charge in [-0.1, -0.05) is 6.07 Å². The molecule has 1 saturated heterocycles. The minimum Gasteiger partial charge on any atom is -0.363 e. The van der Waals surface area contributed by atoms with Crippen molar-refractivity contribution in [1.82, 2.24) is 20.2 Å². The highest BCUT2D eigenvalue weighted by Gasteiger charge is 2.20. The molecule has 1 amide bonds. The Kier molecular flexibility index (Phi) is 7.33. The highest BCUT2D eigenvalue weighted by molar-refractivity contribution is 5.92. The summed E-state index contributed by atoms with van der Waals surface area (Å²) in [6.45, 7) is 4.28. The zero-order valence-corrected chi connectivity index (χ0v) is 18.2. The Balaban J connectivity index is 1.67. The van der Waals surface area contributed by atoms with Crippen molar-refractivity contribution in [3.8, 4) is 0 Å². The van der Waals surface area contributed by atoms with E-state index < -0.39 is 0 Å². The highest BCUT2D eigenvalue weighted by atomic mass is 19.1. The van der Waals surface area contributed by atoms with Gasteiger partial charge in [-0.3, -0.25) is 9.69 Å². The maximum atomic E-state index is 13.7. The quantitative estimate of drug-likeness (QED) is 0.725. The van der Waals surface area contributed by atoms with Crippen LogP contribution < -0.4 is 15.5 Å². The van der Waals surface area contributed by atoms with E-state index >= 15 is 0 Å². The number of likely N-dealkylation sites (N-methyl/N-ethyl adjacent to an activating group) is 1. The van der Waals surface area contributed by atoms with Crippen LogP contribution in [0.25, 0.3) is 0 Å². The summed E-state index contributed by atoms with van der Waals surface area (Å²) in [5.74, 6) is 1.51. The lowest BCUT2D eigenvalue weighted by Crippen LogP contribution is -2.32. The summed E-state index contributed by atoms with van der Waals surface area (Å²) in [4.78, 5) is 25.9. The molecular formula is C22H31FN6O.